The maximum Gasteiger partial charge on any atom is 0.00891 e. The Morgan fingerprint density at radius 1 is 0.750 bits per heavy atom. The first-order valence-electron chi connectivity index (χ1n) is 7.12. The average Bonchev–Trinajstić information content (AvgIpc) is 2.32. The van der Waals surface area contributed by atoms with Crippen LogP contribution in [0.4, 0.5) is 0 Å². The van der Waals surface area contributed by atoms with E-state index in [1.165, 1.54) is 64.2 Å². The Morgan fingerprint density at radius 2 is 1.19 bits per heavy atom. The Bertz CT molecular complexity index is 156. The molecule has 2 fully saturated rings. The molecule has 0 unspecified atom stereocenters. The van der Waals surface area contributed by atoms with Crippen LogP contribution in [0.15, 0.2) is 0 Å². The van der Waals surface area contributed by atoms with E-state index in [2.05, 4.69) is 19.0 Å². The van der Waals surface area contributed by atoms with E-state index in [0.29, 0.717) is 6.04 Å². The first kappa shape index (κ1) is 14.0. The van der Waals surface area contributed by atoms with E-state index in [4.69, 9.17) is 5.73 Å². The molecule has 2 aliphatic carbocycles. The summed E-state index contributed by atoms with van der Waals surface area (Å²) in [4.78, 5) is 2.36. The van der Waals surface area contributed by atoms with Crippen molar-refractivity contribution >= 4 is 0 Å². The summed E-state index contributed by atoms with van der Waals surface area (Å²) in [5.41, 5.74) is 5.63. The van der Waals surface area contributed by atoms with E-state index in [9.17, 15) is 0 Å². The summed E-state index contributed by atoms with van der Waals surface area (Å²) in [6.45, 7) is 0. The summed E-state index contributed by atoms with van der Waals surface area (Å²) >= 11 is 0. The third-order valence-corrected chi connectivity index (χ3v) is 3.95. The van der Waals surface area contributed by atoms with Crippen molar-refractivity contribution in [2.45, 2.75) is 76.3 Å². The summed E-state index contributed by atoms with van der Waals surface area (Å²) in [5.74, 6) is 0. The second kappa shape index (κ2) is 8.08. The van der Waals surface area contributed by atoms with E-state index in [1.54, 1.807) is 0 Å². The molecule has 96 valence electrons. The molecule has 0 aromatic rings. The lowest BCUT2D eigenvalue weighted by Crippen LogP contribution is -2.29. The SMILES string of the molecule is CN(C)C1CCCCC1.NC1CCCCC1. The van der Waals surface area contributed by atoms with Crippen LogP contribution in [-0.2, 0) is 0 Å². The summed E-state index contributed by atoms with van der Waals surface area (Å²) < 4.78 is 0. The highest BCUT2D eigenvalue weighted by Crippen LogP contribution is 2.20. The zero-order valence-electron chi connectivity index (χ0n) is 11.3. The van der Waals surface area contributed by atoms with Crippen LogP contribution in [0.2, 0.25) is 0 Å². The quantitative estimate of drug-likeness (QED) is 0.744. The molecule has 16 heavy (non-hydrogen) atoms. The summed E-state index contributed by atoms with van der Waals surface area (Å²) in [6.07, 6.45) is 13.9. The Morgan fingerprint density at radius 3 is 1.44 bits per heavy atom. The largest absolute Gasteiger partial charge is 0.328 e. The maximum absolute atomic E-state index is 5.63. The van der Waals surface area contributed by atoms with E-state index in [0.717, 1.165) is 6.04 Å². The van der Waals surface area contributed by atoms with Gasteiger partial charge in [-0.25, -0.2) is 0 Å². The lowest BCUT2D eigenvalue weighted by molar-refractivity contribution is 0.229. The summed E-state index contributed by atoms with van der Waals surface area (Å²) in [7, 11) is 4.38. The number of rotatable bonds is 1. The minimum absolute atomic E-state index is 0.536. The van der Waals surface area contributed by atoms with Gasteiger partial charge >= 0.3 is 0 Å². The zero-order valence-corrected chi connectivity index (χ0v) is 11.3. The Balaban J connectivity index is 0.000000165. The van der Waals surface area contributed by atoms with E-state index in [1.807, 2.05) is 0 Å². The number of nitrogens with two attached hydrogens (primary N) is 1. The minimum atomic E-state index is 0.536. The third kappa shape index (κ3) is 5.86. The first-order valence-corrected chi connectivity index (χ1v) is 7.12. The second-order valence-corrected chi connectivity index (χ2v) is 5.65. The number of nitrogens with zero attached hydrogens (tertiary/aromatic N) is 1. The standard InChI is InChI=1S/C8H17N.C6H13N/c1-9(2)8-6-4-3-5-7-8;7-6-4-2-1-3-5-6/h8H,3-7H2,1-2H3;6H,1-5,7H2. The molecule has 2 aliphatic rings. The molecular weight excluding hydrogens is 196 g/mol. The predicted molar refractivity (Wildman–Crippen MR) is 71.6 cm³/mol. The molecule has 0 aliphatic heterocycles. The topological polar surface area (TPSA) is 29.3 Å². The fraction of sp³-hybridized carbons (Fsp3) is 1.00. The van der Waals surface area contributed by atoms with E-state index >= 15 is 0 Å². The molecule has 0 spiro atoms. The van der Waals surface area contributed by atoms with E-state index in [-0.39, 0.29) is 0 Å². The van der Waals surface area contributed by atoms with Crippen molar-refractivity contribution in [3.63, 3.8) is 0 Å². The first-order chi connectivity index (χ1) is 7.70. The average molecular weight is 226 g/mol. The van der Waals surface area contributed by atoms with Gasteiger partial charge in [0.25, 0.3) is 0 Å². The second-order valence-electron chi connectivity index (χ2n) is 5.65. The van der Waals surface area contributed by atoms with Crippen LogP contribution >= 0.6 is 0 Å². The normalized spacial score (nSPS) is 24.0. The predicted octanol–water partition coefficient (Wildman–Crippen LogP) is 3.16. The van der Waals surface area contributed by atoms with E-state index < -0.39 is 0 Å². The van der Waals surface area contributed by atoms with Crippen molar-refractivity contribution in [3.8, 4) is 0 Å². The molecular formula is C14H30N2. The van der Waals surface area contributed by atoms with Gasteiger partial charge < -0.3 is 10.6 Å². The molecule has 2 nitrogen and oxygen atoms in total. The van der Waals surface area contributed by atoms with Gasteiger partial charge in [0.1, 0.15) is 0 Å². The van der Waals surface area contributed by atoms with Gasteiger partial charge in [-0.3, -0.25) is 0 Å². The summed E-state index contributed by atoms with van der Waals surface area (Å²) in [5, 5.41) is 0. The van der Waals surface area contributed by atoms with Crippen LogP contribution in [0.5, 0.6) is 0 Å². The van der Waals surface area contributed by atoms with Crippen molar-refractivity contribution < 1.29 is 0 Å². The van der Waals surface area contributed by atoms with Crippen LogP contribution in [-0.4, -0.2) is 31.1 Å². The minimum Gasteiger partial charge on any atom is -0.328 e. The van der Waals surface area contributed by atoms with Gasteiger partial charge in [-0.05, 0) is 39.8 Å². The van der Waals surface area contributed by atoms with Gasteiger partial charge in [-0.15, -0.1) is 0 Å². The molecule has 0 saturated heterocycles. The molecule has 2 N–H and O–H groups in total. The van der Waals surface area contributed by atoms with Crippen molar-refractivity contribution in [3.05, 3.63) is 0 Å². The van der Waals surface area contributed by atoms with Crippen molar-refractivity contribution in [1.29, 1.82) is 0 Å². The fourth-order valence-corrected chi connectivity index (χ4v) is 2.73. The molecule has 0 radical (unpaired) electrons. The molecule has 0 aromatic heterocycles. The van der Waals surface area contributed by atoms with Crippen molar-refractivity contribution in [2.75, 3.05) is 14.1 Å². The third-order valence-electron chi connectivity index (χ3n) is 3.95. The zero-order chi connectivity index (χ0) is 11.8. The monoisotopic (exact) mass is 226 g/mol. The van der Waals surface area contributed by atoms with Crippen molar-refractivity contribution in [1.82, 2.24) is 4.90 Å². The Kier molecular flexibility index (Phi) is 7.06. The highest BCUT2D eigenvalue weighted by molar-refractivity contribution is 4.70. The molecule has 0 aromatic carbocycles. The van der Waals surface area contributed by atoms with Crippen LogP contribution in [0.1, 0.15) is 64.2 Å². The van der Waals surface area contributed by atoms with Gasteiger partial charge in [-0.1, -0.05) is 38.5 Å². The lowest BCUT2D eigenvalue weighted by Gasteiger charge is -2.27. The molecule has 0 heterocycles. The number of hydrogen-bond donors (Lipinski definition) is 1. The van der Waals surface area contributed by atoms with Crippen LogP contribution in [0, 0.1) is 0 Å². The smallest absolute Gasteiger partial charge is 0.00891 e. The van der Waals surface area contributed by atoms with Gasteiger partial charge in [-0.2, -0.15) is 0 Å². The molecule has 2 saturated carbocycles. The number of hydrogen-bond acceptors (Lipinski definition) is 2. The van der Waals surface area contributed by atoms with Gasteiger partial charge in [0.05, 0.1) is 0 Å². The molecule has 0 amide bonds. The highest BCUT2D eigenvalue weighted by Gasteiger charge is 2.13. The van der Waals surface area contributed by atoms with Crippen LogP contribution in [0.25, 0.3) is 0 Å². The Labute approximate surface area is 102 Å². The van der Waals surface area contributed by atoms with Gasteiger partial charge in [0.15, 0.2) is 0 Å². The maximum atomic E-state index is 5.63. The highest BCUT2D eigenvalue weighted by atomic mass is 15.1. The molecule has 2 rings (SSSR count). The molecule has 0 bridgehead atoms. The fourth-order valence-electron chi connectivity index (χ4n) is 2.73. The molecule has 0 atom stereocenters. The van der Waals surface area contributed by atoms with Crippen molar-refractivity contribution in [2.24, 2.45) is 5.73 Å². The Hall–Kier alpha value is -0.0800. The molecule has 2 heteroatoms. The van der Waals surface area contributed by atoms with Crippen LogP contribution in [0.3, 0.4) is 0 Å². The van der Waals surface area contributed by atoms with Gasteiger partial charge in [0, 0.05) is 12.1 Å². The lowest BCUT2D eigenvalue weighted by atomic mass is 9.95. The van der Waals surface area contributed by atoms with Gasteiger partial charge in [0.2, 0.25) is 0 Å². The van der Waals surface area contributed by atoms with Crippen LogP contribution < -0.4 is 5.73 Å². The summed E-state index contributed by atoms with van der Waals surface area (Å²) in [6, 6.07) is 1.42.